The molecular formula is C20H18FN3O. The molecule has 2 heterocycles. The van der Waals surface area contributed by atoms with Crippen molar-refractivity contribution >= 4 is 27.7 Å². The Hall–Kier alpha value is -3.08. The van der Waals surface area contributed by atoms with Crippen LogP contribution in [-0.4, -0.2) is 22.0 Å². The van der Waals surface area contributed by atoms with Gasteiger partial charge in [0.15, 0.2) is 0 Å². The van der Waals surface area contributed by atoms with Gasteiger partial charge in [-0.3, -0.25) is 4.79 Å². The Morgan fingerprint density at radius 3 is 2.96 bits per heavy atom. The van der Waals surface area contributed by atoms with E-state index in [-0.39, 0.29) is 11.7 Å². The monoisotopic (exact) mass is 335 g/mol. The summed E-state index contributed by atoms with van der Waals surface area (Å²) in [5.41, 5.74) is 3.59. The minimum atomic E-state index is -0.256. The zero-order chi connectivity index (χ0) is 17.4. The molecule has 2 N–H and O–H groups in total. The van der Waals surface area contributed by atoms with Gasteiger partial charge in [0.05, 0.1) is 0 Å². The molecule has 0 aliphatic rings. The largest absolute Gasteiger partial charge is 0.361 e. The van der Waals surface area contributed by atoms with Crippen molar-refractivity contribution in [1.29, 1.82) is 0 Å². The Labute approximate surface area is 144 Å². The minimum absolute atomic E-state index is 0.0946. The standard InChI is InChI=1S/C20H18FN3O/c1-24-10-8-15-16(3-2-4-19(15)24)20(25)22-9-7-13-12-23-18-6-5-14(21)11-17(13)18/h2-6,8,10-12,23H,7,9H2,1H3,(H,22,25). The first-order chi connectivity index (χ1) is 12.1. The van der Waals surface area contributed by atoms with Gasteiger partial charge < -0.3 is 14.9 Å². The number of aromatic nitrogens is 2. The number of aromatic amines is 1. The predicted octanol–water partition coefficient (Wildman–Crippen LogP) is 3.77. The van der Waals surface area contributed by atoms with E-state index in [0.717, 1.165) is 27.4 Å². The molecular weight excluding hydrogens is 317 g/mol. The van der Waals surface area contributed by atoms with E-state index in [1.165, 1.54) is 12.1 Å². The number of amides is 1. The van der Waals surface area contributed by atoms with E-state index in [9.17, 15) is 9.18 Å². The summed E-state index contributed by atoms with van der Waals surface area (Å²) in [6, 6.07) is 12.3. The third-order valence-electron chi connectivity index (χ3n) is 4.58. The van der Waals surface area contributed by atoms with Gasteiger partial charge in [-0.15, -0.1) is 0 Å². The molecule has 0 fully saturated rings. The third-order valence-corrected chi connectivity index (χ3v) is 4.58. The van der Waals surface area contributed by atoms with Crippen LogP contribution in [0.25, 0.3) is 21.8 Å². The number of hydrogen-bond acceptors (Lipinski definition) is 1. The molecule has 4 rings (SSSR count). The Kier molecular flexibility index (Phi) is 3.76. The third kappa shape index (κ3) is 2.78. The second kappa shape index (κ2) is 6.09. The molecule has 0 bridgehead atoms. The molecule has 5 heteroatoms. The number of halogens is 1. The number of rotatable bonds is 4. The van der Waals surface area contributed by atoms with Crippen LogP contribution in [0.3, 0.4) is 0 Å². The molecule has 2 aromatic heterocycles. The summed E-state index contributed by atoms with van der Waals surface area (Å²) < 4.78 is 15.4. The highest BCUT2D eigenvalue weighted by Gasteiger charge is 2.11. The van der Waals surface area contributed by atoms with Crippen molar-refractivity contribution < 1.29 is 9.18 Å². The molecule has 0 aliphatic heterocycles. The Morgan fingerprint density at radius 2 is 2.08 bits per heavy atom. The average molecular weight is 335 g/mol. The fourth-order valence-electron chi connectivity index (χ4n) is 3.26. The fraction of sp³-hybridized carbons (Fsp3) is 0.150. The molecule has 25 heavy (non-hydrogen) atoms. The molecule has 1 amide bonds. The molecule has 0 spiro atoms. The second-order valence-corrected chi connectivity index (χ2v) is 6.17. The van der Waals surface area contributed by atoms with Gasteiger partial charge in [0.2, 0.25) is 0 Å². The number of H-pyrrole nitrogens is 1. The van der Waals surface area contributed by atoms with Crippen LogP contribution in [0.4, 0.5) is 4.39 Å². The van der Waals surface area contributed by atoms with E-state index in [0.29, 0.717) is 18.5 Å². The van der Waals surface area contributed by atoms with E-state index in [2.05, 4.69) is 10.3 Å². The van der Waals surface area contributed by atoms with Crippen molar-refractivity contribution in [1.82, 2.24) is 14.9 Å². The summed E-state index contributed by atoms with van der Waals surface area (Å²) in [5.74, 6) is -0.351. The lowest BCUT2D eigenvalue weighted by molar-refractivity contribution is 0.0956. The summed E-state index contributed by atoms with van der Waals surface area (Å²) in [4.78, 5) is 15.7. The van der Waals surface area contributed by atoms with Crippen LogP contribution in [0.15, 0.2) is 54.9 Å². The predicted molar refractivity (Wildman–Crippen MR) is 97.2 cm³/mol. The molecule has 0 saturated heterocycles. The van der Waals surface area contributed by atoms with Crippen molar-refractivity contribution in [3.8, 4) is 0 Å². The van der Waals surface area contributed by atoms with Gasteiger partial charge in [-0.25, -0.2) is 4.39 Å². The Balaban J connectivity index is 1.49. The number of fused-ring (bicyclic) bond motifs is 2. The van der Waals surface area contributed by atoms with E-state index in [1.54, 1.807) is 6.07 Å². The second-order valence-electron chi connectivity index (χ2n) is 6.17. The Bertz CT molecular complexity index is 1080. The normalized spacial score (nSPS) is 11.3. The highest BCUT2D eigenvalue weighted by molar-refractivity contribution is 6.06. The lowest BCUT2D eigenvalue weighted by Gasteiger charge is -2.07. The highest BCUT2D eigenvalue weighted by Crippen LogP contribution is 2.21. The van der Waals surface area contributed by atoms with Crippen molar-refractivity contribution in [2.75, 3.05) is 6.54 Å². The van der Waals surface area contributed by atoms with E-state index < -0.39 is 0 Å². The van der Waals surface area contributed by atoms with Crippen LogP contribution >= 0.6 is 0 Å². The van der Waals surface area contributed by atoms with Crippen LogP contribution < -0.4 is 5.32 Å². The van der Waals surface area contributed by atoms with Gasteiger partial charge in [0.1, 0.15) is 5.82 Å². The Morgan fingerprint density at radius 1 is 1.20 bits per heavy atom. The minimum Gasteiger partial charge on any atom is -0.361 e. The molecule has 126 valence electrons. The first-order valence-corrected chi connectivity index (χ1v) is 8.21. The molecule has 2 aromatic carbocycles. The summed E-state index contributed by atoms with van der Waals surface area (Å²) in [5, 5.41) is 4.76. The van der Waals surface area contributed by atoms with Gasteiger partial charge in [-0.05, 0) is 48.4 Å². The molecule has 0 unspecified atom stereocenters. The maximum atomic E-state index is 13.4. The number of hydrogen-bond donors (Lipinski definition) is 2. The van der Waals surface area contributed by atoms with Crippen molar-refractivity contribution in [3.05, 3.63) is 71.8 Å². The zero-order valence-corrected chi connectivity index (χ0v) is 13.8. The summed E-state index contributed by atoms with van der Waals surface area (Å²) in [6.45, 7) is 0.492. The summed E-state index contributed by atoms with van der Waals surface area (Å²) in [6.07, 6.45) is 4.45. The van der Waals surface area contributed by atoms with Crippen LogP contribution in [-0.2, 0) is 13.5 Å². The molecule has 0 radical (unpaired) electrons. The molecule has 0 atom stereocenters. The topological polar surface area (TPSA) is 49.8 Å². The molecule has 0 saturated carbocycles. The summed E-state index contributed by atoms with van der Waals surface area (Å²) in [7, 11) is 1.96. The number of carbonyl (C=O) groups excluding carboxylic acids is 1. The molecule has 0 aliphatic carbocycles. The van der Waals surface area contributed by atoms with Crippen molar-refractivity contribution in [3.63, 3.8) is 0 Å². The smallest absolute Gasteiger partial charge is 0.251 e. The van der Waals surface area contributed by atoms with Crippen LogP contribution in [0.5, 0.6) is 0 Å². The van der Waals surface area contributed by atoms with Gasteiger partial charge in [0.25, 0.3) is 5.91 Å². The fourth-order valence-corrected chi connectivity index (χ4v) is 3.26. The lowest BCUT2D eigenvalue weighted by atomic mass is 10.1. The molecule has 4 nitrogen and oxygen atoms in total. The number of carbonyl (C=O) groups is 1. The lowest BCUT2D eigenvalue weighted by Crippen LogP contribution is -2.25. The van der Waals surface area contributed by atoms with Crippen LogP contribution in [0, 0.1) is 5.82 Å². The first-order valence-electron chi connectivity index (χ1n) is 8.21. The van der Waals surface area contributed by atoms with E-state index in [4.69, 9.17) is 0 Å². The van der Waals surface area contributed by atoms with Gasteiger partial charge >= 0.3 is 0 Å². The number of nitrogens with one attached hydrogen (secondary N) is 2. The van der Waals surface area contributed by atoms with Crippen molar-refractivity contribution in [2.24, 2.45) is 7.05 Å². The van der Waals surface area contributed by atoms with E-state index >= 15 is 0 Å². The maximum absolute atomic E-state index is 13.4. The summed E-state index contributed by atoms with van der Waals surface area (Å²) >= 11 is 0. The van der Waals surface area contributed by atoms with Gasteiger partial charge in [-0.1, -0.05) is 6.07 Å². The number of benzene rings is 2. The maximum Gasteiger partial charge on any atom is 0.251 e. The van der Waals surface area contributed by atoms with Crippen molar-refractivity contribution in [2.45, 2.75) is 6.42 Å². The number of aryl methyl sites for hydroxylation is 1. The van der Waals surface area contributed by atoms with Crippen LogP contribution in [0.1, 0.15) is 15.9 Å². The number of nitrogens with zero attached hydrogens (tertiary/aromatic N) is 1. The quantitative estimate of drug-likeness (QED) is 0.586. The SMILES string of the molecule is Cn1ccc2c(C(=O)NCCc3c[nH]c4ccc(F)cc34)cccc21. The van der Waals surface area contributed by atoms with Gasteiger partial charge in [-0.2, -0.15) is 0 Å². The zero-order valence-electron chi connectivity index (χ0n) is 13.8. The van der Waals surface area contributed by atoms with E-state index in [1.807, 2.05) is 48.3 Å². The highest BCUT2D eigenvalue weighted by atomic mass is 19.1. The van der Waals surface area contributed by atoms with Gasteiger partial charge in [0, 0.05) is 53.4 Å². The first kappa shape index (κ1) is 15.4. The van der Waals surface area contributed by atoms with Crippen LogP contribution in [0.2, 0.25) is 0 Å². The molecule has 4 aromatic rings. The average Bonchev–Trinajstić information content (AvgIpc) is 3.19.